The molecule has 1 atom stereocenters. The van der Waals surface area contributed by atoms with Gasteiger partial charge >= 0.3 is 6.03 Å². The fourth-order valence-corrected chi connectivity index (χ4v) is 2.60. The minimum Gasteiger partial charge on any atom is -0.396 e. The third-order valence-electron chi connectivity index (χ3n) is 4.11. The maximum Gasteiger partial charge on any atom is 0.322 e. The Morgan fingerprint density at radius 3 is 2.60 bits per heavy atom. The standard InChI is InChI=1S/C19H25N3O3/c1-3-21-14-17(9-10-18(21)24)20-19(25)22(15(2)11-12-23)13-16-7-5-4-6-8-16/h4-10,14-15,23H,3,11-13H2,1-2H3,(H,20,25). The van der Waals surface area contributed by atoms with Crippen LogP contribution in [0, 0.1) is 0 Å². The Kier molecular flexibility index (Phi) is 6.77. The molecule has 134 valence electrons. The lowest BCUT2D eigenvalue weighted by molar-refractivity contribution is 0.169. The van der Waals surface area contributed by atoms with Crippen molar-refractivity contribution in [3.63, 3.8) is 0 Å². The number of aliphatic hydroxyl groups is 1. The van der Waals surface area contributed by atoms with Gasteiger partial charge in [0.25, 0.3) is 5.56 Å². The largest absolute Gasteiger partial charge is 0.396 e. The molecule has 1 aromatic carbocycles. The second kappa shape index (κ2) is 9.03. The van der Waals surface area contributed by atoms with E-state index in [9.17, 15) is 14.7 Å². The maximum absolute atomic E-state index is 12.8. The summed E-state index contributed by atoms with van der Waals surface area (Å²) in [6.45, 7) is 4.78. The van der Waals surface area contributed by atoms with Gasteiger partial charge in [0, 0.05) is 38.0 Å². The zero-order valence-electron chi connectivity index (χ0n) is 14.7. The highest BCUT2D eigenvalue weighted by atomic mass is 16.3. The molecule has 0 aliphatic carbocycles. The van der Waals surface area contributed by atoms with E-state index in [0.717, 1.165) is 5.56 Å². The maximum atomic E-state index is 12.8. The number of hydrogen-bond acceptors (Lipinski definition) is 3. The van der Waals surface area contributed by atoms with Gasteiger partial charge in [0.05, 0.1) is 5.69 Å². The fraction of sp³-hybridized carbons (Fsp3) is 0.368. The van der Waals surface area contributed by atoms with E-state index >= 15 is 0 Å². The van der Waals surface area contributed by atoms with Crippen LogP contribution in [-0.2, 0) is 13.1 Å². The van der Waals surface area contributed by atoms with Gasteiger partial charge in [0.1, 0.15) is 0 Å². The molecule has 0 saturated heterocycles. The Morgan fingerprint density at radius 1 is 1.24 bits per heavy atom. The summed E-state index contributed by atoms with van der Waals surface area (Å²) in [5.41, 5.74) is 1.48. The zero-order valence-corrected chi connectivity index (χ0v) is 14.7. The molecule has 6 nitrogen and oxygen atoms in total. The minimum absolute atomic E-state index is 0.0143. The Bertz CT molecular complexity index is 743. The number of nitrogens with one attached hydrogen (secondary N) is 1. The van der Waals surface area contributed by atoms with Crippen molar-refractivity contribution >= 4 is 11.7 Å². The van der Waals surface area contributed by atoms with E-state index in [1.54, 1.807) is 17.2 Å². The Balaban J connectivity index is 2.18. The normalized spacial score (nSPS) is 11.8. The monoisotopic (exact) mass is 343 g/mol. The second-order valence-electron chi connectivity index (χ2n) is 5.95. The summed E-state index contributed by atoms with van der Waals surface area (Å²) >= 11 is 0. The smallest absolute Gasteiger partial charge is 0.322 e. The summed E-state index contributed by atoms with van der Waals surface area (Å²) in [6, 6.07) is 12.4. The number of rotatable bonds is 7. The van der Waals surface area contributed by atoms with Crippen molar-refractivity contribution in [2.45, 2.75) is 39.4 Å². The third kappa shape index (κ3) is 5.19. The van der Waals surface area contributed by atoms with Crippen molar-refractivity contribution in [3.05, 3.63) is 64.6 Å². The highest BCUT2D eigenvalue weighted by Gasteiger charge is 2.20. The highest BCUT2D eigenvalue weighted by molar-refractivity contribution is 5.89. The van der Waals surface area contributed by atoms with Gasteiger partial charge in [-0.2, -0.15) is 0 Å². The predicted molar refractivity (Wildman–Crippen MR) is 98.5 cm³/mol. The predicted octanol–water partition coefficient (Wildman–Crippen LogP) is 2.67. The van der Waals surface area contributed by atoms with Crippen LogP contribution in [0.4, 0.5) is 10.5 Å². The van der Waals surface area contributed by atoms with Gasteiger partial charge in [-0.3, -0.25) is 4.79 Å². The van der Waals surface area contributed by atoms with E-state index in [2.05, 4.69) is 5.32 Å². The van der Waals surface area contributed by atoms with Gasteiger partial charge in [0.15, 0.2) is 0 Å². The first-order valence-corrected chi connectivity index (χ1v) is 8.48. The number of urea groups is 1. The Morgan fingerprint density at radius 2 is 1.96 bits per heavy atom. The lowest BCUT2D eigenvalue weighted by Gasteiger charge is -2.29. The minimum atomic E-state index is -0.258. The van der Waals surface area contributed by atoms with E-state index < -0.39 is 0 Å². The first-order chi connectivity index (χ1) is 12.0. The summed E-state index contributed by atoms with van der Waals surface area (Å²) in [4.78, 5) is 26.1. The van der Waals surface area contributed by atoms with Gasteiger partial charge in [-0.1, -0.05) is 30.3 Å². The van der Waals surface area contributed by atoms with Crippen molar-refractivity contribution in [2.24, 2.45) is 0 Å². The van der Waals surface area contributed by atoms with E-state index in [4.69, 9.17) is 0 Å². The number of carbonyl (C=O) groups is 1. The van der Waals surface area contributed by atoms with Crippen LogP contribution in [0.3, 0.4) is 0 Å². The number of pyridine rings is 1. The average Bonchev–Trinajstić information content (AvgIpc) is 2.62. The number of aryl methyl sites for hydroxylation is 1. The van der Waals surface area contributed by atoms with E-state index in [-0.39, 0.29) is 24.2 Å². The molecular formula is C19H25N3O3. The summed E-state index contributed by atoms with van der Waals surface area (Å²) in [7, 11) is 0. The molecule has 1 unspecified atom stereocenters. The van der Waals surface area contributed by atoms with Crippen molar-refractivity contribution in [3.8, 4) is 0 Å². The lowest BCUT2D eigenvalue weighted by Crippen LogP contribution is -2.41. The molecule has 25 heavy (non-hydrogen) atoms. The molecule has 6 heteroatoms. The molecular weight excluding hydrogens is 318 g/mol. The summed E-state index contributed by atoms with van der Waals surface area (Å²) < 4.78 is 1.54. The second-order valence-corrected chi connectivity index (χ2v) is 5.95. The van der Waals surface area contributed by atoms with Crippen molar-refractivity contribution in [2.75, 3.05) is 11.9 Å². The van der Waals surface area contributed by atoms with E-state index in [0.29, 0.717) is 25.2 Å². The van der Waals surface area contributed by atoms with Crippen LogP contribution in [0.5, 0.6) is 0 Å². The van der Waals surface area contributed by atoms with Crippen molar-refractivity contribution in [1.29, 1.82) is 0 Å². The number of anilines is 1. The number of aliphatic hydroxyl groups excluding tert-OH is 1. The quantitative estimate of drug-likeness (QED) is 0.812. The molecule has 0 bridgehead atoms. The summed E-state index contributed by atoms with van der Waals surface area (Å²) in [5.74, 6) is 0. The van der Waals surface area contributed by atoms with Gasteiger partial charge < -0.3 is 19.9 Å². The van der Waals surface area contributed by atoms with Crippen LogP contribution in [0.2, 0.25) is 0 Å². The van der Waals surface area contributed by atoms with Crippen LogP contribution in [-0.4, -0.2) is 33.3 Å². The number of nitrogens with zero attached hydrogens (tertiary/aromatic N) is 2. The third-order valence-corrected chi connectivity index (χ3v) is 4.11. The van der Waals surface area contributed by atoms with Crippen molar-refractivity contribution < 1.29 is 9.90 Å². The van der Waals surface area contributed by atoms with E-state index in [1.807, 2.05) is 44.2 Å². The SMILES string of the molecule is CCn1cc(NC(=O)N(Cc2ccccc2)C(C)CCO)ccc1=O. The van der Waals surface area contributed by atoms with Crippen LogP contribution < -0.4 is 10.9 Å². The van der Waals surface area contributed by atoms with Crippen LogP contribution in [0.1, 0.15) is 25.8 Å². The summed E-state index contributed by atoms with van der Waals surface area (Å²) in [6.07, 6.45) is 2.13. The number of hydrogen-bond donors (Lipinski definition) is 2. The topological polar surface area (TPSA) is 74.6 Å². The average molecular weight is 343 g/mol. The van der Waals surface area contributed by atoms with Gasteiger partial charge in [-0.25, -0.2) is 4.79 Å². The number of carbonyl (C=O) groups excluding carboxylic acids is 1. The Labute approximate surface area is 147 Å². The molecule has 2 amide bonds. The Hall–Kier alpha value is -2.60. The number of amides is 2. The van der Waals surface area contributed by atoms with Crippen LogP contribution in [0.25, 0.3) is 0 Å². The van der Waals surface area contributed by atoms with Gasteiger partial charge in [0.2, 0.25) is 0 Å². The molecule has 0 aliphatic rings. The number of benzene rings is 1. The van der Waals surface area contributed by atoms with Gasteiger partial charge in [-0.05, 0) is 31.9 Å². The molecule has 1 heterocycles. The summed E-state index contributed by atoms with van der Waals surface area (Å²) in [5, 5.41) is 12.1. The molecule has 0 aliphatic heterocycles. The first-order valence-electron chi connectivity index (χ1n) is 8.48. The van der Waals surface area contributed by atoms with Crippen LogP contribution in [0.15, 0.2) is 53.5 Å². The molecule has 2 aromatic rings. The molecule has 2 rings (SSSR count). The van der Waals surface area contributed by atoms with Crippen molar-refractivity contribution in [1.82, 2.24) is 9.47 Å². The molecule has 1 aromatic heterocycles. The number of aromatic nitrogens is 1. The lowest BCUT2D eigenvalue weighted by atomic mass is 10.1. The van der Waals surface area contributed by atoms with Gasteiger partial charge in [-0.15, -0.1) is 0 Å². The molecule has 0 spiro atoms. The molecule has 0 radical (unpaired) electrons. The van der Waals surface area contributed by atoms with E-state index in [1.165, 1.54) is 10.6 Å². The first kappa shape index (κ1) is 18.7. The molecule has 0 saturated carbocycles. The molecule has 2 N–H and O–H groups in total. The fourth-order valence-electron chi connectivity index (χ4n) is 2.60. The molecule has 0 fully saturated rings. The highest BCUT2D eigenvalue weighted by Crippen LogP contribution is 2.14. The van der Waals surface area contributed by atoms with Crippen LogP contribution >= 0.6 is 0 Å². The zero-order chi connectivity index (χ0) is 18.2.